The maximum Gasteiger partial charge on any atom is 0.261 e. The summed E-state index contributed by atoms with van der Waals surface area (Å²) in [4.78, 5) is 12.5. The number of hydrogen-bond acceptors (Lipinski definition) is 4. The number of carbonyl (C=O) groups is 1. The van der Waals surface area contributed by atoms with Gasteiger partial charge in [0.25, 0.3) is 5.91 Å². The number of carbonyl (C=O) groups excluding carboxylic acids is 1. The largest absolute Gasteiger partial charge is 0.496 e. The Labute approximate surface area is 105 Å². The van der Waals surface area contributed by atoms with Crippen LogP contribution in [0.3, 0.4) is 0 Å². The molecule has 1 amide bonds. The highest BCUT2D eigenvalue weighted by Crippen LogP contribution is 2.20. The molecule has 2 rings (SSSR count). The van der Waals surface area contributed by atoms with E-state index in [1.807, 2.05) is 5.38 Å². The topological polar surface area (TPSA) is 50.4 Å². The number of nitrogens with one attached hydrogen (secondary N) is 2. The molecule has 0 aliphatic carbocycles. The van der Waals surface area contributed by atoms with Crippen molar-refractivity contribution in [2.45, 2.75) is 25.3 Å². The number of amides is 1. The Morgan fingerprint density at radius 1 is 1.71 bits per heavy atom. The van der Waals surface area contributed by atoms with E-state index in [1.54, 1.807) is 13.2 Å². The summed E-state index contributed by atoms with van der Waals surface area (Å²) < 4.78 is 5.05. The van der Waals surface area contributed by atoms with Crippen LogP contribution in [-0.2, 0) is 0 Å². The summed E-state index contributed by atoms with van der Waals surface area (Å²) in [5, 5.41) is 8.19. The minimum absolute atomic E-state index is 0.00343. The number of thiophene rings is 1. The average Bonchev–Trinajstić information content (AvgIpc) is 2.99. The van der Waals surface area contributed by atoms with Crippen LogP contribution in [0.1, 0.15) is 28.9 Å². The van der Waals surface area contributed by atoms with Crippen molar-refractivity contribution >= 4 is 17.2 Å². The third kappa shape index (κ3) is 3.44. The molecule has 1 aliphatic heterocycles. The van der Waals surface area contributed by atoms with Crippen LogP contribution < -0.4 is 15.4 Å². The highest BCUT2D eigenvalue weighted by atomic mass is 32.1. The first-order valence-electron chi connectivity index (χ1n) is 5.93. The van der Waals surface area contributed by atoms with Crippen LogP contribution in [0.2, 0.25) is 0 Å². The van der Waals surface area contributed by atoms with Gasteiger partial charge in [0.2, 0.25) is 0 Å². The lowest BCUT2D eigenvalue weighted by atomic mass is 10.1. The van der Waals surface area contributed by atoms with Crippen molar-refractivity contribution in [3.05, 3.63) is 16.3 Å². The lowest BCUT2D eigenvalue weighted by Gasteiger charge is -2.09. The Kier molecular flexibility index (Phi) is 4.39. The van der Waals surface area contributed by atoms with Gasteiger partial charge in [-0.3, -0.25) is 4.79 Å². The fourth-order valence-electron chi connectivity index (χ4n) is 2.00. The molecule has 1 saturated heterocycles. The van der Waals surface area contributed by atoms with Crippen LogP contribution in [0.25, 0.3) is 0 Å². The molecule has 1 fully saturated rings. The molecular weight excluding hydrogens is 236 g/mol. The molecule has 0 aromatic carbocycles. The molecule has 1 aromatic heterocycles. The van der Waals surface area contributed by atoms with Crippen molar-refractivity contribution in [2.24, 2.45) is 0 Å². The fourth-order valence-corrected chi connectivity index (χ4v) is 2.77. The predicted octanol–water partition coefficient (Wildman–Crippen LogP) is 1.63. The van der Waals surface area contributed by atoms with Gasteiger partial charge >= 0.3 is 0 Å². The van der Waals surface area contributed by atoms with Crippen molar-refractivity contribution in [1.29, 1.82) is 0 Å². The zero-order valence-electron chi connectivity index (χ0n) is 9.99. The quantitative estimate of drug-likeness (QED) is 0.839. The molecule has 5 heteroatoms. The SMILES string of the molecule is COc1csc(C(=O)NCCC2CCCN2)c1. The Bertz CT molecular complexity index is 372. The summed E-state index contributed by atoms with van der Waals surface area (Å²) >= 11 is 1.41. The molecule has 4 nitrogen and oxygen atoms in total. The fraction of sp³-hybridized carbons (Fsp3) is 0.583. The van der Waals surface area contributed by atoms with Gasteiger partial charge in [-0.1, -0.05) is 0 Å². The van der Waals surface area contributed by atoms with E-state index in [-0.39, 0.29) is 5.91 Å². The van der Waals surface area contributed by atoms with Crippen molar-refractivity contribution in [2.75, 3.05) is 20.2 Å². The van der Waals surface area contributed by atoms with E-state index in [2.05, 4.69) is 10.6 Å². The summed E-state index contributed by atoms with van der Waals surface area (Å²) in [6.45, 7) is 1.84. The molecule has 0 spiro atoms. The standard InChI is InChI=1S/C12H18N2O2S/c1-16-10-7-11(17-8-10)12(15)14-6-4-9-3-2-5-13-9/h7-9,13H,2-6H2,1H3,(H,14,15). The monoisotopic (exact) mass is 254 g/mol. The number of hydrogen-bond donors (Lipinski definition) is 2. The number of rotatable bonds is 5. The Morgan fingerprint density at radius 3 is 3.24 bits per heavy atom. The molecule has 2 heterocycles. The smallest absolute Gasteiger partial charge is 0.261 e. The van der Waals surface area contributed by atoms with E-state index in [1.165, 1.54) is 24.2 Å². The second-order valence-electron chi connectivity index (χ2n) is 4.19. The first kappa shape index (κ1) is 12.4. The minimum atomic E-state index is -0.00343. The third-order valence-corrected chi connectivity index (χ3v) is 3.88. The number of methoxy groups -OCH3 is 1. The summed E-state index contributed by atoms with van der Waals surface area (Å²) in [6, 6.07) is 2.35. The van der Waals surface area contributed by atoms with Gasteiger partial charge < -0.3 is 15.4 Å². The summed E-state index contributed by atoms with van der Waals surface area (Å²) in [5.74, 6) is 0.744. The van der Waals surface area contributed by atoms with Crippen LogP contribution in [0.15, 0.2) is 11.4 Å². The summed E-state index contributed by atoms with van der Waals surface area (Å²) in [5.41, 5.74) is 0. The predicted molar refractivity (Wildman–Crippen MR) is 68.8 cm³/mol. The second kappa shape index (κ2) is 6.02. The molecular formula is C12H18N2O2S. The lowest BCUT2D eigenvalue weighted by molar-refractivity contribution is 0.0956. The highest BCUT2D eigenvalue weighted by molar-refractivity contribution is 7.12. The van der Waals surface area contributed by atoms with Crippen molar-refractivity contribution in [3.63, 3.8) is 0 Å². The molecule has 0 saturated carbocycles. The van der Waals surface area contributed by atoms with Crippen LogP contribution >= 0.6 is 11.3 Å². The second-order valence-corrected chi connectivity index (χ2v) is 5.10. The van der Waals surface area contributed by atoms with Crippen LogP contribution in [0, 0.1) is 0 Å². The van der Waals surface area contributed by atoms with Gasteiger partial charge in [0, 0.05) is 24.0 Å². The van der Waals surface area contributed by atoms with E-state index >= 15 is 0 Å². The Morgan fingerprint density at radius 2 is 2.59 bits per heavy atom. The van der Waals surface area contributed by atoms with Crippen LogP contribution in [0.4, 0.5) is 0 Å². The van der Waals surface area contributed by atoms with E-state index in [9.17, 15) is 4.79 Å². The maximum atomic E-state index is 11.8. The Hall–Kier alpha value is -1.07. The normalized spacial score (nSPS) is 19.2. The molecule has 2 N–H and O–H groups in total. The molecule has 1 aliphatic rings. The van der Waals surface area contributed by atoms with Gasteiger partial charge in [0.05, 0.1) is 12.0 Å². The van der Waals surface area contributed by atoms with E-state index in [0.29, 0.717) is 10.9 Å². The Balaban J connectivity index is 1.72. The molecule has 1 aromatic rings. The van der Waals surface area contributed by atoms with E-state index in [4.69, 9.17) is 4.74 Å². The third-order valence-electron chi connectivity index (χ3n) is 2.98. The zero-order valence-corrected chi connectivity index (χ0v) is 10.8. The first-order valence-corrected chi connectivity index (χ1v) is 6.81. The van der Waals surface area contributed by atoms with Crippen molar-refractivity contribution in [1.82, 2.24) is 10.6 Å². The van der Waals surface area contributed by atoms with Gasteiger partial charge in [-0.2, -0.15) is 0 Å². The molecule has 1 atom stereocenters. The zero-order chi connectivity index (χ0) is 12.1. The maximum absolute atomic E-state index is 11.8. The van der Waals surface area contributed by atoms with Gasteiger partial charge in [0.15, 0.2) is 0 Å². The van der Waals surface area contributed by atoms with Gasteiger partial charge in [0.1, 0.15) is 5.75 Å². The molecule has 1 unspecified atom stereocenters. The van der Waals surface area contributed by atoms with Gasteiger partial charge in [-0.25, -0.2) is 0 Å². The first-order chi connectivity index (χ1) is 8.29. The molecule has 17 heavy (non-hydrogen) atoms. The van der Waals surface area contributed by atoms with E-state index < -0.39 is 0 Å². The van der Waals surface area contributed by atoms with E-state index in [0.717, 1.165) is 25.3 Å². The van der Waals surface area contributed by atoms with Crippen LogP contribution in [-0.4, -0.2) is 32.1 Å². The van der Waals surface area contributed by atoms with Crippen molar-refractivity contribution in [3.8, 4) is 5.75 Å². The molecule has 0 radical (unpaired) electrons. The molecule has 0 bridgehead atoms. The average molecular weight is 254 g/mol. The van der Waals surface area contributed by atoms with Gasteiger partial charge in [-0.05, 0) is 25.8 Å². The molecule has 94 valence electrons. The van der Waals surface area contributed by atoms with Crippen LogP contribution in [0.5, 0.6) is 5.75 Å². The minimum Gasteiger partial charge on any atom is -0.496 e. The summed E-state index contributed by atoms with van der Waals surface area (Å²) in [7, 11) is 1.61. The lowest BCUT2D eigenvalue weighted by Crippen LogP contribution is -2.30. The van der Waals surface area contributed by atoms with Gasteiger partial charge in [-0.15, -0.1) is 11.3 Å². The number of ether oxygens (including phenoxy) is 1. The highest BCUT2D eigenvalue weighted by Gasteiger charge is 2.14. The van der Waals surface area contributed by atoms with Crippen molar-refractivity contribution < 1.29 is 9.53 Å². The summed E-state index contributed by atoms with van der Waals surface area (Å²) in [6.07, 6.45) is 3.48.